The summed E-state index contributed by atoms with van der Waals surface area (Å²) in [6.07, 6.45) is -3.80. The van der Waals surface area contributed by atoms with Gasteiger partial charge >= 0.3 is 12.1 Å². The Bertz CT molecular complexity index is 531. The van der Waals surface area contributed by atoms with E-state index in [0.29, 0.717) is 31.3 Å². The molecule has 0 amide bonds. The fourth-order valence-corrected chi connectivity index (χ4v) is 2.59. The van der Waals surface area contributed by atoms with Crippen molar-refractivity contribution < 1.29 is 27.8 Å². The minimum Gasteiger partial charge on any atom is -0.478 e. The van der Waals surface area contributed by atoms with Gasteiger partial charge in [-0.05, 0) is 24.6 Å². The zero-order valence-electron chi connectivity index (χ0n) is 11.5. The van der Waals surface area contributed by atoms with Crippen LogP contribution >= 0.6 is 0 Å². The SMILES string of the molecule is COCC1CCN(c2ccc(C(F)(F)F)c(C(=O)O)c2)C1. The van der Waals surface area contributed by atoms with Gasteiger partial charge in [0.15, 0.2) is 0 Å². The summed E-state index contributed by atoms with van der Waals surface area (Å²) in [4.78, 5) is 12.9. The van der Waals surface area contributed by atoms with E-state index in [1.807, 2.05) is 4.90 Å². The van der Waals surface area contributed by atoms with Crippen LogP contribution in [0.3, 0.4) is 0 Å². The van der Waals surface area contributed by atoms with E-state index >= 15 is 0 Å². The van der Waals surface area contributed by atoms with Gasteiger partial charge in [-0.3, -0.25) is 0 Å². The van der Waals surface area contributed by atoms with Gasteiger partial charge in [-0.15, -0.1) is 0 Å². The maximum atomic E-state index is 12.8. The molecule has 1 saturated heterocycles. The van der Waals surface area contributed by atoms with E-state index in [-0.39, 0.29) is 0 Å². The van der Waals surface area contributed by atoms with Crippen LogP contribution in [0.25, 0.3) is 0 Å². The predicted octanol–water partition coefficient (Wildman–Crippen LogP) is 2.88. The molecule has 1 fully saturated rings. The van der Waals surface area contributed by atoms with Crippen molar-refractivity contribution in [1.82, 2.24) is 0 Å². The van der Waals surface area contributed by atoms with E-state index in [1.165, 1.54) is 6.07 Å². The Hall–Kier alpha value is -1.76. The number of nitrogens with zero attached hydrogens (tertiary/aromatic N) is 1. The molecule has 1 aromatic carbocycles. The third kappa shape index (κ3) is 3.47. The third-order valence-corrected chi connectivity index (χ3v) is 3.59. The molecule has 1 aromatic rings. The summed E-state index contributed by atoms with van der Waals surface area (Å²) in [6.45, 7) is 1.92. The van der Waals surface area contributed by atoms with Crippen LogP contribution in [0, 0.1) is 5.92 Å². The fraction of sp³-hybridized carbons (Fsp3) is 0.500. The second-order valence-corrected chi connectivity index (χ2v) is 5.09. The quantitative estimate of drug-likeness (QED) is 0.929. The van der Waals surface area contributed by atoms with E-state index in [2.05, 4.69) is 0 Å². The molecule has 1 heterocycles. The first-order valence-electron chi connectivity index (χ1n) is 6.51. The molecule has 0 aromatic heterocycles. The molecule has 0 saturated carbocycles. The lowest BCUT2D eigenvalue weighted by Gasteiger charge is -2.20. The number of rotatable bonds is 4. The number of methoxy groups -OCH3 is 1. The lowest BCUT2D eigenvalue weighted by molar-refractivity contribution is -0.138. The lowest BCUT2D eigenvalue weighted by Crippen LogP contribution is -2.22. The number of hydrogen-bond donors (Lipinski definition) is 1. The molecule has 1 unspecified atom stereocenters. The number of ether oxygens (including phenoxy) is 1. The summed E-state index contributed by atoms with van der Waals surface area (Å²) in [5.74, 6) is -1.26. The highest BCUT2D eigenvalue weighted by Crippen LogP contribution is 2.35. The predicted molar refractivity (Wildman–Crippen MR) is 70.6 cm³/mol. The smallest absolute Gasteiger partial charge is 0.417 e. The first kappa shape index (κ1) is 15.6. The summed E-state index contributed by atoms with van der Waals surface area (Å²) in [6, 6.07) is 3.26. The molecule has 1 atom stereocenters. The molecule has 21 heavy (non-hydrogen) atoms. The van der Waals surface area contributed by atoms with Crippen LogP contribution in [-0.4, -0.2) is 37.9 Å². The van der Waals surface area contributed by atoms with Crippen molar-refractivity contribution in [1.29, 1.82) is 0 Å². The molecule has 4 nitrogen and oxygen atoms in total. The van der Waals surface area contributed by atoms with E-state index in [0.717, 1.165) is 18.6 Å². The number of anilines is 1. The van der Waals surface area contributed by atoms with Gasteiger partial charge in [0.05, 0.1) is 17.7 Å². The molecular weight excluding hydrogens is 287 g/mol. The molecule has 1 N–H and O–H groups in total. The van der Waals surface area contributed by atoms with Gasteiger partial charge in [-0.1, -0.05) is 0 Å². The monoisotopic (exact) mass is 303 g/mol. The molecule has 0 radical (unpaired) electrons. The number of hydrogen-bond acceptors (Lipinski definition) is 3. The Morgan fingerprint density at radius 1 is 1.48 bits per heavy atom. The summed E-state index contributed by atoms with van der Waals surface area (Å²) in [7, 11) is 1.60. The maximum Gasteiger partial charge on any atom is 0.417 e. The van der Waals surface area contributed by atoms with Gasteiger partial charge < -0.3 is 14.7 Å². The second-order valence-electron chi connectivity index (χ2n) is 5.09. The number of carbonyl (C=O) groups is 1. The van der Waals surface area contributed by atoms with Crippen LogP contribution in [0.15, 0.2) is 18.2 Å². The number of halogens is 3. The normalized spacial score (nSPS) is 19.0. The Balaban J connectivity index is 2.27. The minimum absolute atomic E-state index is 0.311. The lowest BCUT2D eigenvalue weighted by atomic mass is 10.1. The number of benzene rings is 1. The highest BCUT2D eigenvalue weighted by molar-refractivity contribution is 5.91. The van der Waals surface area contributed by atoms with Crippen LogP contribution in [0.5, 0.6) is 0 Å². The molecule has 7 heteroatoms. The molecule has 0 aliphatic carbocycles. The van der Waals surface area contributed by atoms with Gasteiger partial charge in [0.2, 0.25) is 0 Å². The first-order chi connectivity index (χ1) is 9.82. The second kappa shape index (κ2) is 5.93. The Morgan fingerprint density at radius 3 is 2.76 bits per heavy atom. The van der Waals surface area contributed by atoms with Crippen molar-refractivity contribution in [2.24, 2.45) is 5.92 Å². The average Bonchev–Trinajstić information content (AvgIpc) is 2.86. The average molecular weight is 303 g/mol. The summed E-state index contributed by atoms with van der Waals surface area (Å²) in [5.41, 5.74) is -1.33. The van der Waals surface area contributed by atoms with Gasteiger partial charge in [0.25, 0.3) is 0 Å². The number of carboxylic acid groups (broad SMARTS) is 1. The highest BCUT2D eigenvalue weighted by Gasteiger charge is 2.36. The summed E-state index contributed by atoms with van der Waals surface area (Å²) in [5, 5.41) is 8.99. The number of alkyl halides is 3. The Morgan fingerprint density at radius 2 is 2.19 bits per heavy atom. The van der Waals surface area contributed by atoms with Crippen molar-refractivity contribution in [2.45, 2.75) is 12.6 Å². The number of aromatic carboxylic acids is 1. The van der Waals surface area contributed by atoms with Gasteiger partial charge in [-0.25, -0.2) is 4.79 Å². The first-order valence-corrected chi connectivity index (χ1v) is 6.51. The molecule has 2 rings (SSSR count). The van der Waals surface area contributed by atoms with Crippen LogP contribution in [0.1, 0.15) is 22.3 Å². The standard InChI is InChI=1S/C14H16F3NO3/c1-21-8-9-4-5-18(7-9)10-2-3-12(14(15,16)17)11(6-10)13(19)20/h2-3,6,9H,4-5,7-8H2,1H3,(H,19,20). The Labute approximate surface area is 120 Å². The van der Waals surface area contributed by atoms with Crippen molar-refractivity contribution in [3.05, 3.63) is 29.3 Å². The molecule has 0 spiro atoms. The molecule has 1 aliphatic heterocycles. The topological polar surface area (TPSA) is 49.8 Å². The van der Waals surface area contributed by atoms with Gasteiger partial charge in [0, 0.05) is 31.8 Å². The maximum absolute atomic E-state index is 12.8. The molecule has 1 aliphatic rings. The van der Waals surface area contributed by atoms with E-state index in [4.69, 9.17) is 9.84 Å². The van der Waals surface area contributed by atoms with E-state index < -0.39 is 23.3 Å². The molecule has 0 bridgehead atoms. The van der Waals surface area contributed by atoms with E-state index in [9.17, 15) is 18.0 Å². The van der Waals surface area contributed by atoms with Crippen molar-refractivity contribution in [2.75, 3.05) is 31.7 Å². The van der Waals surface area contributed by atoms with Crippen molar-refractivity contribution in [3.8, 4) is 0 Å². The van der Waals surface area contributed by atoms with Crippen LogP contribution in [-0.2, 0) is 10.9 Å². The fourth-order valence-electron chi connectivity index (χ4n) is 2.59. The molecular formula is C14H16F3NO3. The highest BCUT2D eigenvalue weighted by atomic mass is 19.4. The van der Waals surface area contributed by atoms with Gasteiger partial charge in [-0.2, -0.15) is 13.2 Å². The minimum atomic E-state index is -4.67. The van der Waals surface area contributed by atoms with Crippen LogP contribution in [0.2, 0.25) is 0 Å². The number of carboxylic acids is 1. The van der Waals surface area contributed by atoms with E-state index in [1.54, 1.807) is 7.11 Å². The third-order valence-electron chi connectivity index (χ3n) is 3.59. The summed E-state index contributed by atoms with van der Waals surface area (Å²) >= 11 is 0. The molecule has 116 valence electrons. The van der Waals surface area contributed by atoms with Crippen molar-refractivity contribution >= 4 is 11.7 Å². The zero-order chi connectivity index (χ0) is 15.6. The van der Waals surface area contributed by atoms with Crippen LogP contribution < -0.4 is 4.90 Å². The Kier molecular flexibility index (Phi) is 4.41. The summed E-state index contributed by atoms with van der Waals surface area (Å²) < 4.78 is 43.4. The zero-order valence-corrected chi connectivity index (χ0v) is 11.5. The van der Waals surface area contributed by atoms with Crippen molar-refractivity contribution in [3.63, 3.8) is 0 Å². The largest absolute Gasteiger partial charge is 0.478 e. The van der Waals surface area contributed by atoms with Gasteiger partial charge in [0.1, 0.15) is 0 Å². The van der Waals surface area contributed by atoms with Crippen LogP contribution in [0.4, 0.5) is 18.9 Å².